The Morgan fingerprint density at radius 2 is 1.55 bits per heavy atom. The Morgan fingerprint density at radius 3 is 2.17 bits per heavy atom. The molecule has 2 unspecified atom stereocenters. The summed E-state index contributed by atoms with van der Waals surface area (Å²) in [7, 11) is 1.99. The van der Waals surface area contributed by atoms with Gasteiger partial charge in [-0.3, -0.25) is 4.79 Å². The third kappa shape index (κ3) is 13.5. The van der Waals surface area contributed by atoms with Crippen molar-refractivity contribution in [2.24, 2.45) is 24.8 Å². The number of aromatic nitrogens is 2. The molecule has 0 aliphatic heterocycles. The van der Waals surface area contributed by atoms with E-state index in [1.807, 2.05) is 34.9 Å². The highest BCUT2D eigenvalue weighted by Gasteiger charge is 2.17. The maximum Gasteiger partial charge on any atom is 0.310 e. The van der Waals surface area contributed by atoms with Crippen molar-refractivity contribution >= 4 is 5.97 Å². The fraction of sp³-hybridized carbons (Fsp3) is 0.840. The quantitative estimate of drug-likeness (QED) is 0.189. The highest BCUT2D eigenvalue weighted by atomic mass is 16.5. The molecule has 0 saturated carbocycles. The summed E-state index contributed by atoms with van der Waals surface area (Å²) in [6.45, 7) is 12.2. The molecule has 4 nitrogen and oxygen atoms in total. The lowest BCUT2D eigenvalue weighted by Crippen LogP contribution is -2.24. The van der Waals surface area contributed by atoms with Gasteiger partial charge in [-0.2, -0.15) is 0 Å². The molecule has 0 aliphatic carbocycles. The van der Waals surface area contributed by atoms with E-state index in [2.05, 4.69) is 34.6 Å². The molecule has 0 aliphatic rings. The first-order chi connectivity index (χ1) is 13.8. The van der Waals surface area contributed by atoms with Crippen molar-refractivity contribution < 1.29 is 14.1 Å². The molecule has 0 bridgehead atoms. The van der Waals surface area contributed by atoms with Crippen molar-refractivity contribution in [2.45, 2.75) is 111 Å². The average Bonchev–Trinajstić information content (AvgIpc) is 3.06. The van der Waals surface area contributed by atoms with Gasteiger partial charge in [0.05, 0.1) is 13.5 Å². The second-order valence-electron chi connectivity index (χ2n) is 9.86. The molecule has 1 aromatic heterocycles. The average molecular weight is 408 g/mol. The summed E-state index contributed by atoms with van der Waals surface area (Å²) in [6, 6.07) is 0. The van der Waals surface area contributed by atoms with E-state index in [0.717, 1.165) is 37.5 Å². The molecule has 1 rings (SSSR count). The topological polar surface area (TPSA) is 35.1 Å². The number of hydrogen-bond acceptors (Lipinski definition) is 2. The second-order valence-corrected chi connectivity index (χ2v) is 9.86. The molecule has 29 heavy (non-hydrogen) atoms. The van der Waals surface area contributed by atoms with E-state index in [1.54, 1.807) is 0 Å². The minimum Gasteiger partial charge on any atom is -0.462 e. The van der Waals surface area contributed by atoms with E-state index in [0.29, 0.717) is 18.9 Å². The van der Waals surface area contributed by atoms with Crippen molar-refractivity contribution in [2.75, 3.05) is 0 Å². The largest absolute Gasteiger partial charge is 0.462 e. The molecule has 168 valence electrons. The zero-order valence-corrected chi connectivity index (χ0v) is 20.0. The number of hydrogen-bond donors (Lipinski definition) is 0. The Bertz CT molecular complexity index is 551. The van der Waals surface area contributed by atoms with Gasteiger partial charge in [-0.25, -0.2) is 9.13 Å². The predicted molar refractivity (Wildman–Crippen MR) is 120 cm³/mol. The van der Waals surface area contributed by atoms with Crippen LogP contribution in [0.4, 0.5) is 0 Å². The normalized spacial score (nSPS) is 13.8. The van der Waals surface area contributed by atoms with Gasteiger partial charge in [0.2, 0.25) is 6.33 Å². The molecule has 0 saturated heterocycles. The molecule has 0 amide bonds. The Kier molecular flexibility index (Phi) is 13.0. The smallest absolute Gasteiger partial charge is 0.310 e. The molecule has 1 heterocycles. The molecule has 2 atom stereocenters. The van der Waals surface area contributed by atoms with Crippen LogP contribution in [0.15, 0.2) is 18.7 Å². The fourth-order valence-electron chi connectivity index (χ4n) is 3.78. The third-order valence-electron chi connectivity index (χ3n) is 5.71. The molecule has 0 fully saturated rings. The fourth-order valence-corrected chi connectivity index (χ4v) is 3.78. The van der Waals surface area contributed by atoms with Crippen molar-refractivity contribution in [3.05, 3.63) is 18.7 Å². The minimum absolute atomic E-state index is 0.0531. The number of aryl methyl sites for hydroxylation is 2. The van der Waals surface area contributed by atoms with Crippen LogP contribution in [0.3, 0.4) is 0 Å². The van der Waals surface area contributed by atoms with Crippen LogP contribution < -0.4 is 4.57 Å². The maximum atomic E-state index is 12.4. The van der Waals surface area contributed by atoms with Gasteiger partial charge in [0.1, 0.15) is 25.0 Å². The number of rotatable bonds is 16. The second kappa shape index (κ2) is 14.6. The highest BCUT2D eigenvalue weighted by molar-refractivity contribution is 5.69. The van der Waals surface area contributed by atoms with E-state index >= 15 is 0 Å². The molecule has 0 radical (unpaired) electrons. The van der Waals surface area contributed by atoms with E-state index in [-0.39, 0.29) is 12.1 Å². The van der Waals surface area contributed by atoms with Crippen molar-refractivity contribution in [3.63, 3.8) is 0 Å². The van der Waals surface area contributed by atoms with E-state index in [4.69, 9.17) is 4.74 Å². The number of unbranched alkanes of at least 4 members (excludes halogenated alkanes) is 1. The van der Waals surface area contributed by atoms with Gasteiger partial charge in [0.15, 0.2) is 0 Å². The van der Waals surface area contributed by atoms with Crippen LogP contribution in [0.2, 0.25) is 0 Å². The van der Waals surface area contributed by atoms with E-state index in [1.165, 1.54) is 32.1 Å². The van der Waals surface area contributed by atoms with Crippen LogP contribution in [-0.2, 0) is 23.1 Å². The molecule has 0 N–H and O–H groups in total. The van der Waals surface area contributed by atoms with Crippen molar-refractivity contribution in [1.29, 1.82) is 0 Å². The lowest BCUT2D eigenvalue weighted by molar-refractivity contribution is -0.671. The zero-order chi connectivity index (χ0) is 21.6. The Labute approximate surface area is 180 Å². The van der Waals surface area contributed by atoms with Crippen LogP contribution in [0, 0.1) is 17.8 Å². The predicted octanol–water partition coefficient (Wildman–Crippen LogP) is 6.07. The van der Waals surface area contributed by atoms with Gasteiger partial charge in [-0.1, -0.05) is 66.7 Å². The summed E-state index contributed by atoms with van der Waals surface area (Å²) < 4.78 is 9.95. The number of carbonyl (C=O) groups excluding carboxylic acids is 1. The molecular formula is C25H47N2O2+. The summed E-state index contributed by atoms with van der Waals surface area (Å²) in [4.78, 5) is 12.4. The SMILES string of the molecule is CC(C)CCCCC(CCC(C)CCCC(C)C)OC(=O)CCn1cc[n+](C)c1. The van der Waals surface area contributed by atoms with Crippen LogP contribution in [0.1, 0.15) is 98.8 Å². The lowest BCUT2D eigenvalue weighted by Gasteiger charge is -2.20. The van der Waals surface area contributed by atoms with Gasteiger partial charge in [0, 0.05) is 0 Å². The number of carbonyl (C=O) groups is 1. The number of ether oxygens (including phenoxy) is 1. The van der Waals surface area contributed by atoms with E-state index < -0.39 is 0 Å². The zero-order valence-electron chi connectivity index (χ0n) is 20.0. The minimum atomic E-state index is -0.0531. The van der Waals surface area contributed by atoms with Crippen molar-refractivity contribution in [3.8, 4) is 0 Å². The van der Waals surface area contributed by atoms with E-state index in [9.17, 15) is 4.79 Å². The number of nitrogens with zero attached hydrogens (tertiary/aromatic N) is 2. The van der Waals surface area contributed by atoms with Gasteiger partial charge in [0.25, 0.3) is 0 Å². The summed E-state index contributed by atoms with van der Waals surface area (Å²) in [5.41, 5.74) is 0. The van der Waals surface area contributed by atoms with Gasteiger partial charge < -0.3 is 4.74 Å². The Hall–Kier alpha value is -1.32. The summed E-state index contributed by atoms with van der Waals surface area (Å²) in [6.07, 6.45) is 17.3. The van der Waals surface area contributed by atoms with Crippen LogP contribution >= 0.6 is 0 Å². The molecule has 4 heteroatoms. The summed E-state index contributed by atoms with van der Waals surface area (Å²) >= 11 is 0. The van der Waals surface area contributed by atoms with Gasteiger partial charge >= 0.3 is 5.97 Å². The lowest BCUT2D eigenvalue weighted by atomic mass is 9.93. The number of esters is 1. The molecule has 0 spiro atoms. The third-order valence-corrected chi connectivity index (χ3v) is 5.71. The van der Waals surface area contributed by atoms with Crippen LogP contribution in [-0.4, -0.2) is 16.6 Å². The van der Waals surface area contributed by atoms with Crippen LogP contribution in [0.5, 0.6) is 0 Å². The summed E-state index contributed by atoms with van der Waals surface area (Å²) in [5.74, 6) is 2.20. The Morgan fingerprint density at radius 1 is 0.897 bits per heavy atom. The number of imidazole rings is 1. The standard InChI is InChI=1S/C25H47N2O2/c1-21(2)10-7-8-13-24(15-14-23(5)12-9-11-22(3)4)29-25(28)16-17-27-19-18-26(6)20-27/h18-24H,7-17H2,1-6H3/q+1. The molecular weight excluding hydrogens is 360 g/mol. The highest BCUT2D eigenvalue weighted by Crippen LogP contribution is 2.21. The first kappa shape index (κ1) is 25.7. The summed E-state index contributed by atoms with van der Waals surface area (Å²) in [5, 5.41) is 0. The monoisotopic (exact) mass is 407 g/mol. The molecule has 1 aromatic rings. The first-order valence-corrected chi connectivity index (χ1v) is 12.0. The van der Waals surface area contributed by atoms with Crippen molar-refractivity contribution in [1.82, 2.24) is 4.57 Å². The van der Waals surface area contributed by atoms with Gasteiger partial charge in [-0.05, 0) is 43.4 Å². The van der Waals surface area contributed by atoms with Crippen LogP contribution in [0.25, 0.3) is 0 Å². The molecule has 0 aromatic carbocycles. The van der Waals surface area contributed by atoms with Gasteiger partial charge in [-0.15, -0.1) is 0 Å². The Balaban J connectivity index is 2.40. The maximum absolute atomic E-state index is 12.4. The first-order valence-electron chi connectivity index (χ1n) is 12.0.